The predicted molar refractivity (Wildman–Crippen MR) is 80.8 cm³/mol. The molecule has 2 heterocycles. The van der Waals surface area contributed by atoms with Crippen LogP contribution in [0.1, 0.15) is 29.9 Å². The van der Waals surface area contributed by atoms with E-state index in [1.807, 2.05) is 6.92 Å². The van der Waals surface area contributed by atoms with Crippen LogP contribution in [0.5, 0.6) is 0 Å². The summed E-state index contributed by atoms with van der Waals surface area (Å²) in [5.74, 6) is 0. The maximum atomic E-state index is 12.5. The minimum absolute atomic E-state index is 0.212. The molecule has 0 unspecified atom stereocenters. The van der Waals surface area contributed by atoms with E-state index in [4.69, 9.17) is 0 Å². The van der Waals surface area contributed by atoms with Crippen LogP contribution in [0.25, 0.3) is 0 Å². The third-order valence-corrected chi connectivity index (χ3v) is 5.75. The zero-order valence-electron chi connectivity index (χ0n) is 11.8. The SMILES string of the molecule is Cc1csc(NS(=O)(=O)c2c(CNC3CC3)n[nH]c2C)n1. The third kappa shape index (κ3) is 3.25. The van der Waals surface area contributed by atoms with Gasteiger partial charge in [0.25, 0.3) is 10.0 Å². The van der Waals surface area contributed by atoms with Crippen LogP contribution in [0.4, 0.5) is 5.13 Å². The van der Waals surface area contributed by atoms with E-state index in [0.29, 0.717) is 29.1 Å². The molecule has 0 spiro atoms. The fraction of sp³-hybridized carbons (Fsp3) is 0.500. The van der Waals surface area contributed by atoms with Gasteiger partial charge in [0.05, 0.1) is 17.1 Å². The molecule has 0 aromatic carbocycles. The fourth-order valence-corrected chi connectivity index (χ4v) is 4.35. The molecule has 1 aliphatic carbocycles. The van der Waals surface area contributed by atoms with E-state index in [1.54, 1.807) is 12.3 Å². The van der Waals surface area contributed by atoms with E-state index in [1.165, 1.54) is 11.3 Å². The Labute approximate surface area is 127 Å². The van der Waals surface area contributed by atoms with Crippen LogP contribution in [-0.4, -0.2) is 29.6 Å². The Balaban J connectivity index is 1.84. The second kappa shape index (κ2) is 5.39. The Hall–Kier alpha value is -1.45. The molecule has 21 heavy (non-hydrogen) atoms. The summed E-state index contributed by atoms with van der Waals surface area (Å²) >= 11 is 1.27. The molecule has 3 N–H and O–H groups in total. The lowest BCUT2D eigenvalue weighted by Crippen LogP contribution is -2.20. The number of aromatic nitrogens is 3. The molecule has 1 aliphatic rings. The molecule has 3 rings (SSSR count). The maximum absolute atomic E-state index is 12.5. The van der Waals surface area contributed by atoms with Crippen LogP contribution < -0.4 is 10.0 Å². The number of nitrogens with one attached hydrogen (secondary N) is 3. The van der Waals surface area contributed by atoms with Crippen molar-refractivity contribution in [3.8, 4) is 0 Å². The van der Waals surface area contributed by atoms with Gasteiger partial charge in [0.15, 0.2) is 5.13 Å². The number of aromatic amines is 1. The lowest BCUT2D eigenvalue weighted by atomic mass is 10.3. The first-order valence-corrected chi connectivity index (χ1v) is 9.04. The van der Waals surface area contributed by atoms with Gasteiger partial charge in [-0.1, -0.05) is 0 Å². The first-order chi connectivity index (χ1) is 9.95. The summed E-state index contributed by atoms with van der Waals surface area (Å²) in [6, 6.07) is 0.493. The van der Waals surface area contributed by atoms with Crippen LogP contribution >= 0.6 is 11.3 Å². The Bertz CT molecular complexity index is 746. The highest BCUT2D eigenvalue weighted by Crippen LogP contribution is 2.25. The lowest BCUT2D eigenvalue weighted by Gasteiger charge is -2.07. The second-order valence-electron chi connectivity index (χ2n) is 5.18. The maximum Gasteiger partial charge on any atom is 0.267 e. The smallest absolute Gasteiger partial charge is 0.267 e. The van der Waals surface area contributed by atoms with E-state index in [-0.39, 0.29) is 4.90 Å². The molecule has 114 valence electrons. The van der Waals surface area contributed by atoms with Gasteiger partial charge in [-0.2, -0.15) is 5.10 Å². The van der Waals surface area contributed by atoms with Crippen molar-refractivity contribution in [3.05, 3.63) is 22.5 Å². The second-order valence-corrected chi connectivity index (χ2v) is 7.66. The van der Waals surface area contributed by atoms with Crippen LogP contribution in [0.3, 0.4) is 0 Å². The number of hydrogen-bond acceptors (Lipinski definition) is 6. The standard InChI is InChI=1S/C12H17N5O2S2/c1-7-6-20-12(14-7)17-21(18,19)11-8(2)15-16-10(11)5-13-9-3-4-9/h6,9,13H,3-5H2,1-2H3,(H,14,17)(H,15,16). The Kier molecular flexibility index (Phi) is 3.72. The van der Waals surface area contributed by atoms with Gasteiger partial charge in [0.1, 0.15) is 4.90 Å². The summed E-state index contributed by atoms with van der Waals surface area (Å²) in [5.41, 5.74) is 1.83. The number of sulfonamides is 1. The van der Waals surface area contributed by atoms with Gasteiger partial charge in [-0.3, -0.25) is 9.82 Å². The van der Waals surface area contributed by atoms with E-state index < -0.39 is 10.0 Å². The van der Waals surface area contributed by atoms with Crippen molar-refractivity contribution in [2.45, 2.75) is 44.2 Å². The number of thiazole rings is 1. The van der Waals surface area contributed by atoms with E-state index in [2.05, 4.69) is 25.2 Å². The number of aryl methyl sites for hydroxylation is 2. The molecule has 0 radical (unpaired) electrons. The Morgan fingerprint density at radius 1 is 1.43 bits per heavy atom. The van der Waals surface area contributed by atoms with E-state index in [9.17, 15) is 8.42 Å². The fourth-order valence-electron chi connectivity index (χ4n) is 2.04. The molecular formula is C12H17N5O2S2. The molecule has 0 bridgehead atoms. The van der Waals surface area contributed by atoms with Crippen molar-refractivity contribution >= 4 is 26.5 Å². The monoisotopic (exact) mass is 327 g/mol. The first kappa shape index (κ1) is 14.5. The first-order valence-electron chi connectivity index (χ1n) is 6.68. The number of H-pyrrole nitrogens is 1. The van der Waals surface area contributed by atoms with Crippen molar-refractivity contribution in [1.29, 1.82) is 0 Å². The van der Waals surface area contributed by atoms with Gasteiger partial charge in [-0.25, -0.2) is 13.4 Å². The van der Waals surface area contributed by atoms with Crippen molar-refractivity contribution in [1.82, 2.24) is 20.5 Å². The molecule has 2 aromatic rings. The Morgan fingerprint density at radius 2 is 2.19 bits per heavy atom. The highest BCUT2D eigenvalue weighted by molar-refractivity contribution is 7.93. The van der Waals surface area contributed by atoms with Gasteiger partial charge >= 0.3 is 0 Å². The number of hydrogen-bond donors (Lipinski definition) is 3. The van der Waals surface area contributed by atoms with Crippen LogP contribution in [0, 0.1) is 13.8 Å². The summed E-state index contributed by atoms with van der Waals surface area (Å²) in [7, 11) is -3.68. The van der Waals surface area contributed by atoms with Crippen molar-refractivity contribution in [3.63, 3.8) is 0 Å². The van der Waals surface area contributed by atoms with Gasteiger partial charge < -0.3 is 5.32 Å². The van der Waals surface area contributed by atoms with Gasteiger partial charge in [-0.15, -0.1) is 11.3 Å². The van der Waals surface area contributed by atoms with E-state index in [0.717, 1.165) is 18.5 Å². The van der Waals surface area contributed by atoms with Crippen molar-refractivity contribution in [2.24, 2.45) is 0 Å². The minimum Gasteiger partial charge on any atom is -0.308 e. The summed E-state index contributed by atoms with van der Waals surface area (Å²) in [6.07, 6.45) is 2.28. The zero-order valence-corrected chi connectivity index (χ0v) is 13.4. The van der Waals surface area contributed by atoms with Gasteiger partial charge in [-0.05, 0) is 26.7 Å². The molecule has 7 nitrogen and oxygen atoms in total. The van der Waals surface area contributed by atoms with Crippen LogP contribution in [-0.2, 0) is 16.6 Å². The molecule has 0 saturated heterocycles. The quantitative estimate of drug-likeness (QED) is 0.747. The lowest BCUT2D eigenvalue weighted by molar-refractivity contribution is 0.596. The summed E-state index contributed by atoms with van der Waals surface area (Å²) in [5, 5.41) is 12.3. The highest BCUT2D eigenvalue weighted by atomic mass is 32.2. The van der Waals surface area contributed by atoms with E-state index >= 15 is 0 Å². The van der Waals surface area contributed by atoms with Crippen LogP contribution in [0.2, 0.25) is 0 Å². The number of anilines is 1. The highest BCUT2D eigenvalue weighted by Gasteiger charge is 2.27. The molecule has 0 amide bonds. The van der Waals surface area contributed by atoms with Gasteiger partial charge in [0.2, 0.25) is 0 Å². The Morgan fingerprint density at radius 3 is 2.81 bits per heavy atom. The molecule has 1 fully saturated rings. The number of nitrogens with zero attached hydrogens (tertiary/aromatic N) is 2. The summed E-state index contributed by atoms with van der Waals surface area (Å²) in [6.45, 7) is 3.97. The average Bonchev–Trinajstić information content (AvgIpc) is 3.04. The molecule has 9 heteroatoms. The molecule has 0 atom stereocenters. The number of rotatable bonds is 6. The van der Waals surface area contributed by atoms with Gasteiger partial charge in [0, 0.05) is 18.0 Å². The van der Waals surface area contributed by atoms with Crippen LogP contribution in [0.15, 0.2) is 10.3 Å². The largest absolute Gasteiger partial charge is 0.308 e. The molecular weight excluding hydrogens is 310 g/mol. The summed E-state index contributed by atoms with van der Waals surface area (Å²) in [4.78, 5) is 4.34. The topological polar surface area (TPSA) is 99.8 Å². The zero-order chi connectivity index (χ0) is 15.0. The van der Waals surface area contributed by atoms with Crippen molar-refractivity contribution in [2.75, 3.05) is 4.72 Å². The van der Waals surface area contributed by atoms with Crippen molar-refractivity contribution < 1.29 is 8.42 Å². The molecule has 0 aliphatic heterocycles. The predicted octanol–water partition coefficient (Wildman–Crippen LogP) is 1.54. The summed E-state index contributed by atoms with van der Waals surface area (Å²) < 4.78 is 27.6. The average molecular weight is 327 g/mol. The normalized spacial score (nSPS) is 15.3. The minimum atomic E-state index is -3.68. The molecule has 2 aromatic heterocycles. The third-order valence-electron chi connectivity index (χ3n) is 3.21. The molecule has 1 saturated carbocycles.